The SMILES string of the molecule is CCOc1cccc(C(CN)Cc2ccc(F)cc2)c1. The summed E-state index contributed by atoms with van der Waals surface area (Å²) in [5.74, 6) is 0.861. The first kappa shape index (κ1) is 14.5. The molecule has 1 atom stereocenters. The van der Waals surface area contributed by atoms with Gasteiger partial charge in [-0.3, -0.25) is 0 Å². The van der Waals surface area contributed by atoms with E-state index in [1.54, 1.807) is 0 Å². The Kier molecular flexibility index (Phi) is 5.13. The van der Waals surface area contributed by atoms with Crippen LogP contribution in [-0.4, -0.2) is 13.2 Å². The Bertz CT molecular complexity index is 539. The highest BCUT2D eigenvalue weighted by Gasteiger charge is 2.11. The molecule has 2 nitrogen and oxygen atoms in total. The monoisotopic (exact) mass is 273 g/mol. The van der Waals surface area contributed by atoms with E-state index in [1.165, 1.54) is 12.1 Å². The van der Waals surface area contributed by atoms with Crippen molar-refractivity contribution in [2.45, 2.75) is 19.3 Å². The summed E-state index contributed by atoms with van der Waals surface area (Å²) in [6.07, 6.45) is 0.798. The van der Waals surface area contributed by atoms with Gasteiger partial charge in [0, 0.05) is 5.92 Å². The Morgan fingerprint density at radius 3 is 2.55 bits per heavy atom. The molecule has 0 aliphatic rings. The summed E-state index contributed by atoms with van der Waals surface area (Å²) in [6.45, 7) is 3.16. The molecule has 0 saturated heterocycles. The van der Waals surface area contributed by atoms with Crippen LogP contribution in [0, 0.1) is 5.82 Å². The van der Waals surface area contributed by atoms with Crippen LogP contribution in [0.1, 0.15) is 24.0 Å². The third-order valence-corrected chi connectivity index (χ3v) is 3.32. The molecular weight excluding hydrogens is 253 g/mol. The maximum absolute atomic E-state index is 12.9. The number of rotatable bonds is 6. The fraction of sp³-hybridized carbons (Fsp3) is 0.294. The molecule has 0 spiro atoms. The van der Waals surface area contributed by atoms with Crippen molar-refractivity contribution in [3.63, 3.8) is 0 Å². The number of benzene rings is 2. The van der Waals surface area contributed by atoms with Gasteiger partial charge in [-0.05, 0) is 55.3 Å². The summed E-state index contributed by atoms with van der Waals surface area (Å²) in [5, 5.41) is 0. The van der Waals surface area contributed by atoms with Crippen molar-refractivity contribution in [1.29, 1.82) is 0 Å². The Labute approximate surface area is 119 Å². The van der Waals surface area contributed by atoms with E-state index in [1.807, 2.05) is 37.3 Å². The fourth-order valence-electron chi connectivity index (χ4n) is 2.27. The van der Waals surface area contributed by atoms with Gasteiger partial charge in [0.2, 0.25) is 0 Å². The lowest BCUT2D eigenvalue weighted by atomic mass is 9.92. The molecule has 20 heavy (non-hydrogen) atoms. The average molecular weight is 273 g/mol. The van der Waals surface area contributed by atoms with Gasteiger partial charge in [-0.2, -0.15) is 0 Å². The first-order valence-electron chi connectivity index (χ1n) is 6.90. The van der Waals surface area contributed by atoms with Crippen molar-refractivity contribution in [2.75, 3.05) is 13.2 Å². The summed E-state index contributed by atoms with van der Waals surface area (Å²) in [4.78, 5) is 0. The lowest BCUT2D eigenvalue weighted by Gasteiger charge is -2.16. The van der Waals surface area contributed by atoms with Gasteiger partial charge < -0.3 is 10.5 Å². The fourth-order valence-corrected chi connectivity index (χ4v) is 2.27. The van der Waals surface area contributed by atoms with E-state index in [4.69, 9.17) is 10.5 Å². The van der Waals surface area contributed by atoms with Gasteiger partial charge in [0.15, 0.2) is 0 Å². The van der Waals surface area contributed by atoms with Crippen LogP contribution in [0.5, 0.6) is 5.75 Å². The molecule has 0 radical (unpaired) electrons. The summed E-state index contributed by atoms with van der Waals surface area (Å²) in [6, 6.07) is 14.6. The minimum atomic E-state index is -0.212. The van der Waals surface area contributed by atoms with Crippen molar-refractivity contribution >= 4 is 0 Å². The Morgan fingerprint density at radius 2 is 1.90 bits per heavy atom. The second-order valence-electron chi connectivity index (χ2n) is 4.77. The average Bonchev–Trinajstić information content (AvgIpc) is 2.47. The number of hydrogen-bond acceptors (Lipinski definition) is 2. The number of ether oxygens (including phenoxy) is 1. The van der Waals surface area contributed by atoms with E-state index in [0.717, 1.165) is 23.3 Å². The van der Waals surface area contributed by atoms with Crippen LogP contribution >= 0.6 is 0 Å². The van der Waals surface area contributed by atoms with Gasteiger partial charge in [0.1, 0.15) is 11.6 Å². The molecule has 2 aromatic carbocycles. The third-order valence-electron chi connectivity index (χ3n) is 3.32. The molecule has 0 aromatic heterocycles. The number of hydrogen-bond donors (Lipinski definition) is 1. The Hall–Kier alpha value is -1.87. The van der Waals surface area contributed by atoms with E-state index in [9.17, 15) is 4.39 Å². The zero-order valence-electron chi connectivity index (χ0n) is 11.7. The smallest absolute Gasteiger partial charge is 0.123 e. The lowest BCUT2D eigenvalue weighted by Crippen LogP contribution is -2.15. The largest absolute Gasteiger partial charge is 0.494 e. The highest BCUT2D eigenvalue weighted by Crippen LogP contribution is 2.24. The van der Waals surface area contributed by atoms with E-state index < -0.39 is 0 Å². The number of halogens is 1. The van der Waals surface area contributed by atoms with Crippen molar-refractivity contribution < 1.29 is 9.13 Å². The van der Waals surface area contributed by atoms with Crippen molar-refractivity contribution in [3.05, 3.63) is 65.5 Å². The molecule has 0 fully saturated rings. The summed E-state index contributed by atoms with van der Waals surface area (Å²) in [7, 11) is 0. The summed E-state index contributed by atoms with van der Waals surface area (Å²) >= 11 is 0. The first-order chi connectivity index (χ1) is 9.72. The normalized spacial score (nSPS) is 12.2. The molecule has 0 aliphatic heterocycles. The lowest BCUT2D eigenvalue weighted by molar-refractivity contribution is 0.339. The quantitative estimate of drug-likeness (QED) is 0.874. The van der Waals surface area contributed by atoms with Crippen LogP contribution in [0.15, 0.2) is 48.5 Å². The molecule has 106 valence electrons. The molecule has 0 bridgehead atoms. The standard InChI is InChI=1S/C17H20FNO/c1-2-20-17-5-3-4-14(11-17)15(12-19)10-13-6-8-16(18)9-7-13/h3-9,11,15H,2,10,12,19H2,1H3. The molecule has 2 rings (SSSR count). The van der Waals surface area contributed by atoms with Crippen molar-refractivity contribution in [3.8, 4) is 5.75 Å². The van der Waals surface area contributed by atoms with Crippen molar-refractivity contribution in [1.82, 2.24) is 0 Å². The molecule has 3 heteroatoms. The molecule has 2 N–H and O–H groups in total. The Morgan fingerprint density at radius 1 is 1.15 bits per heavy atom. The van der Waals surface area contributed by atoms with Gasteiger partial charge in [0.25, 0.3) is 0 Å². The molecule has 0 aliphatic carbocycles. The highest BCUT2D eigenvalue weighted by molar-refractivity contribution is 5.32. The maximum Gasteiger partial charge on any atom is 0.123 e. The van der Waals surface area contributed by atoms with Crippen LogP contribution in [-0.2, 0) is 6.42 Å². The Balaban J connectivity index is 2.15. The predicted octanol–water partition coefficient (Wildman–Crippen LogP) is 3.51. The number of nitrogens with two attached hydrogens (primary N) is 1. The van der Waals surface area contributed by atoms with Crippen molar-refractivity contribution in [2.24, 2.45) is 5.73 Å². The third kappa shape index (κ3) is 3.81. The van der Waals surface area contributed by atoms with E-state index >= 15 is 0 Å². The van der Waals surface area contributed by atoms with Gasteiger partial charge in [-0.25, -0.2) is 4.39 Å². The zero-order chi connectivity index (χ0) is 14.4. The summed E-state index contributed by atoms with van der Waals surface area (Å²) < 4.78 is 18.4. The maximum atomic E-state index is 12.9. The molecule has 0 heterocycles. The van der Waals surface area contributed by atoms with Gasteiger partial charge >= 0.3 is 0 Å². The van der Waals surface area contributed by atoms with E-state index in [-0.39, 0.29) is 11.7 Å². The van der Waals surface area contributed by atoms with Crippen LogP contribution in [0.4, 0.5) is 4.39 Å². The van der Waals surface area contributed by atoms with Crippen LogP contribution in [0.3, 0.4) is 0 Å². The predicted molar refractivity (Wildman–Crippen MR) is 79.5 cm³/mol. The van der Waals surface area contributed by atoms with Gasteiger partial charge in [-0.15, -0.1) is 0 Å². The van der Waals surface area contributed by atoms with Crippen LogP contribution < -0.4 is 10.5 Å². The van der Waals surface area contributed by atoms with Crippen LogP contribution in [0.25, 0.3) is 0 Å². The molecule has 2 aromatic rings. The van der Waals surface area contributed by atoms with E-state index in [2.05, 4.69) is 6.07 Å². The molecule has 0 saturated carbocycles. The minimum Gasteiger partial charge on any atom is -0.494 e. The molecular formula is C17H20FNO. The molecule has 0 amide bonds. The first-order valence-corrected chi connectivity index (χ1v) is 6.90. The topological polar surface area (TPSA) is 35.2 Å². The van der Waals surface area contributed by atoms with Gasteiger partial charge in [0.05, 0.1) is 6.61 Å². The van der Waals surface area contributed by atoms with E-state index in [0.29, 0.717) is 13.2 Å². The second kappa shape index (κ2) is 7.06. The zero-order valence-corrected chi connectivity index (χ0v) is 11.7. The van der Waals surface area contributed by atoms with Gasteiger partial charge in [-0.1, -0.05) is 24.3 Å². The molecule has 1 unspecified atom stereocenters. The second-order valence-corrected chi connectivity index (χ2v) is 4.77. The van der Waals surface area contributed by atoms with Crippen LogP contribution in [0.2, 0.25) is 0 Å². The highest BCUT2D eigenvalue weighted by atomic mass is 19.1. The summed E-state index contributed by atoms with van der Waals surface area (Å²) in [5.41, 5.74) is 8.13. The minimum absolute atomic E-state index is 0.209.